The molecule has 8 heteroatoms. The molecule has 1 amide bonds. The molecule has 0 unspecified atom stereocenters. The molecule has 0 bridgehead atoms. The van der Waals surface area contributed by atoms with Crippen LogP contribution in [0.5, 0.6) is 0 Å². The smallest absolute Gasteiger partial charge is 0.241 e. The maximum absolute atomic E-state index is 13.7. The number of nitrogens with zero attached hydrogens (tertiary/aromatic N) is 3. The van der Waals surface area contributed by atoms with Crippen LogP contribution >= 0.6 is 15.9 Å². The molecule has 1 saturated heterocycles. The third kappa shape index (κ3) is 4.89. The van der Waals surface area contributed by atoms with E-state index in [9.17, 15) is 9.18 Å². The van der Waals surface area contributed by atoms with Gasteiger partial charge >= 0.3 is 0 Å². The summed E-state index contributed by atoms with van der Waals surface area (Å²) < 4.78 is 20.1. The number of halogens is 2. The number of para-hydroxylation sites is 1. The average molecular weight is 459 g/mol. The van der Waals surface area contributed by atoms with Gasteiger partial charge in [0.2, 0.25) is 17.6 Å². The summed E-state index contributed by atoms with van der Waals surface area (Å²) >= 11 is 3.44. The standard InChI is InChI=1S/C21H20BrFN4O2/c22-16-5-3-4-15(12-16)20-25-19(29-26-20)13-27-10-8-14(9-11-27)21(28)24-18-7-2-1-6-17(18)23/h1-7,12,14H,8-11,13H2,(H,24,28). The maximum Gasteiger partial charge on any atom is 0.241 e. The molecule has 4 rings (SSSR count). The number of hydrogen-bond donors (Lipinski definition) is 1. The number of anilines is 1. The summed E-state index contributed by atoms with van der Waals surface area (Å²) in [6.45, 7) is 2.02. The van der Waals surface area contributed by atoms with Crippen LogP contribution in [0.4, 0.5) is 10.1 Å². The first-order valence-electron chi connectivity index (χ1n) is 9.45. The van der Waals surface area contributed by atoms with E-state index in [1.165, 1.54) is 6.07 Å². The number of likely N-dealkylation sites (tertiary alicyclic amines) is 1. The molecule has 1 aromatic heterocycles. The molecule has 0 spiro atoms. The number of rotatable bonds is 5. The molecule has 1 N–H and O–H groups in total. The topological polar surface area (TPSA) is 71.3 Å². The SMILES string of the molecule is O=C(Nc1ccccc1F)C1CCN(Cc2nc(-c3cccc(Br)c3)no2)CC1. The minimum absolute atomic E-state index is 0.134. The predicted octanol–water partition coefficient (Wildman–Crippen LogP) is 4.49. The fraction of sp³-hybridized carbons (Fsp3) is 0.286. The van der Waals surface area contributed by atoms with Crippen molar-refractivity contribution in [1.29, 1.82) is 0 Å². The van der Waals surface area contributed by atoms with Gasteiger partial charge in [0.25, 0.3) is 0 Å². The molecule has 0 atom stereocenters. The van der Waals surface area contributed by atoms with E-state index in [2.05, 4.69) is 36.3 Å². The number of piperidine rings is 1. The maximum atomic E-state index is 13.7. The largest absolute Gasteiger partial charge is 0.338 e. The molecule has 2 heterocycles. The zero-order chi connectivity index (χ0) is 20.2. The van der Waals surface area contributed by atoms with Crippen molar-refractivity contribution in [2.75, 3.05) is 18.4 Å². The molecular weight excluding hydrogens is 439 g/mol. The van der Waals surface area contributed by atoms with Crippen molar-refractivity contribution >= 4 is 27.5 Å². The van der Waals surface area contributed by atoms with Crippen LogP contribution in [0.2, 0.25) is 0 Å². The number of amides is 1. The lowest BCUT2D eigenvalue weighted by Gasteiger charge is -2.30. The van der Waals surface area contributed by atoms with Crippen molar-refractivity contribution in [3.63, 3.8) is 0 Å². The first-order valence-corrected chi connectivity index (χ1v) is 10.2. The Morgan fingerprint density at radius 2 is 2.00 bits per heavy atom. The van der Waals surface area contributed by atoms with Crippen LogP contribution in [-0.4, -0.2) is 34.0 Å². The van der Waals surface area contributed by atoms with E-state index in [1.54, 1.807) is 18.2 Å². The lowest BCUT2D eigenvalue weighted by atomic mass is 9.96. The zero-order valence-corrected chi connectivity index (χ0v) is 17.2. The molecule has 6 nitrogen and oxygen atoms in total. The lowest BCUT2D eigenvalue weighted by Crippen LogP contribution is -2.37. The highest BCUT2D eigenvalue weighted by atomic mass is 79.9. The Labute approximate surface area is 176 Å². The van der Waals surface area contributed by atoms with Gasteiger partial charge in [-0.05, 0) is 50.2 Å². The van der Waals surface area contributed by atoms with Crippen LogP contribution in [0.25, 0.3) is 11.4 Å². The first kappa shape index (κ1) is 19.7. The Morgan fingerprint density at radius 3 is 2.76 bits per heavy atom. The Morgan fingerprint density at radius 1 is 1.21 bits per heavy atom. The van der Waals surface area contributed by atoms with E-state index < -0.39 is 5.82 Å². The molecule has 1 aliphatic rings. The van der Waals surface area contributed by atoms with E-state index in [4.69, 9.17) is 4.52 Å². The fourth-order valence-corrected chi connectivity index (χ4v) is 3.81. The van der Waals surface area contributed by atoms with Gasteiger partial charge in [0.15, 0.2) is 0 Å². The summed E-state index contributed by atoms with van der Waals surface area (Å²) in [6, 6.07) is 13.9. The summed E-state index contributed by atoms with van der Waals surface area (Å²) in [5.41, 5.74) is 1.11. The zero-order valence-electron chi connectivity index (χ0n) is 15.6. The van der Waals surface area contributed by atoms with E-state index in [0.717, 1.165) is 23.1 Å². The van der Waals surface area contributed by atoms with E-state index in [0.29, 0.717) is 31.1 Å². The van der Waals surface area contributed by atoms with Crippen molar-refractivity contribution in [3.05, 3.63) is 64.7 Å². The second-order valence-corrected chi connectivity index (χ2v) is 7.96. The molecular formula is C21H20BrFN4O2. The van der Waals surface area contributed by atoms with Gasteiger partial charge in [-0.25, -0.2) is 4.39 Å². The van der Waals surface area contributed by atoms with Crippen LogP contribution in [0.3, 0.4) is 0 Å². The summed E-state index contributed by atoms with van der Waals surface area (Å²) in [4.78, 5) is 19.1. The van der Waals surface area contributed by atoms with Crippen LogP contribution in [-0.2, 0) is 11.3 Å². The van der Waals surface area contributed by atoms with Crippen LogP contribution in [0.15, 0.2) is 57.5 Å². The molecule has 1 aliphatic heterocycles. The van der Waals surface area contributed by atoms with Gasteiger partial charge in [0.1, 0.15) is 5.82 Å². The van der Waals surface area contributed by atoms with Gasteiger partial charge in [-0.1, -0.05) is 45.4 Å². The van der Waals surface area contributed by atoms with Crippen LogP contribution < -0.4 is 5.32 Å². The molecule has 0 aliphatic carbocycles. The van der Waals surface area contributed by atoms with E-state index >= 15 is 0 Å². The highest BCUT2D eigenvalue weighted by Gasteiger charge is 2.26. The molecule has 150 valence electrons. The Bertz CT molecular complexity index is 1000. The van der Waals surface area contributed by atoms with E-state index in [1.807, 2.05) is 24.3 Å². The van der Waals surface area contributed by atoms with Crippen molar-refractivity contribution in [2.24, 2.45) is 5.92 Å². The van der Waals surface area contributed by atoms with Gasteiger partial charge < -0.3 is 9.84 Å². The number of carbonyl (C=O) groups excluding carboxylic acids is 1. The molecule has 0 radical (unpaired) electrons. The number of nitrogens with one attached hydrogen (secondary N) is 1. The third-order valence-electron chi connectivity index (χ3n) is 5.00. The highest BCUT2D eigenvalue weighted by Crippen LogP contribution is 2.23. The van der Waals surface area contributed by atoms with Crippen molar-refractivity contribution in [2.45, 2.75) is 19.4 Å². The quantitative estimate of drug-likeness (QED) is 0.609. The fourth-order valence-electron chi connectivity index (χ4n) is 3.41. The summed E-state index contributed by atoms with van der Waals surface area (Å²) in [5.74, 6) is 0.417. The molecule has 0 saturated carbocycles. The minimum atomic E-state index is -0.420. The first-order chi connectivity index (χ1) is 14.1. The third-order valence-corrected chi connectivity index (χ3v) is 5.49. The number of carbonyl (C=O) groups is 1. The molecule has 3 aromatic rings. The van der Waals surface area contributed by atoms with Gasteiger partial charge in [-0.2, -0.15) is 4.98 Å². The number of aromatic nitrogens is 2. The Balaban J connectivity index is 1.30. The average Bonchev–Trinajstić information content (AvgIpc) is 3.19. The normalized spacial score (nSPS) is 15.4. The second kappa shape index (κ2) is 8.84. The minimum Gasteiger partial charge on any atom is -0.338 e. The predicted molar refractivity (Wildman–Crippen MR) is 110 cm³/mol. The van der Waals surface area contributed by atoms with Gasteiger partial charge in [0, 0.05) is 16.0 Å². The second-order valence-electron chi connectivity index (χ2n) is 7.04. The molecule has 2 aromatic carbocycles. The molecule has 1 fully saturated rings. The Hall–Kier alpha value is -2.58. The van der Waals surface area contributed by atoms with Crippen molar-refractivity contribution < 1.29 is 13.7 Å². The summed E-state index contributed by atoms with van der Waals surface area (Å²) in [6.07, 6.45) is 1.40. The van der Waals surface area contributed by atoms with Crippen molar-refractivity contribution in [1.82, 2.24) is 15.0 Å². The van der Waals surface area contributed by atoms with Crippen LogP contribution in [0, 0.1) is 11.7 Å². The highest BCUT2D eigenvalue weighted by molar-refractivity contribution is 9.10. The Kier molecular flexibility index (Phi) is 6.01. The van der Waals surface area contributed by atoms with Crippen LogP contribution in [0.1, 0.15) is 18.7 Å². The summed E-state index contributed by atoms with van der Waals surface area (Å²) in [5, 5.41) is 6.75. The summed E-state index contributed by atoms with van der Waals surface area (Å²) in [7, 11) is 0. The van der Waals surface area contributed by atoms with Gasteiger partial charge in [0.05, 0.1) is 12.2 Å². The van der Waals surface area contributed by atoms with Gasteiger partial charge in [-0.15, -0.1) is 0 Å². The number of hydrogen-bond acceptors (Lipinski definition) is 5. The van der Waals surface area contributed by atoms with Crippen molar-refractivity contribution in [3.8, 4) is 11.4 Å². The van der Waals surface area contributed by atoms with E-state index in [-0.39, 0.29) is 17.5 Å². The molecule has 29 heavy (non-hydrogen) atoms. The lowest BCUT2D eigenvalue weighted by molar-refractivity contribution is -0.121. The van der Waals surface area contributed by atoms with Gasteiger partial charge in [-0.3, -0.25) is 9.69 Å². The monoisotopic (exact) mass is 458 g/mol. The number of benzene rings is 2.